The van der Waals surface area contributed by atoms with Gasteiger partial charge in [-0.15, -0.1) is 0 Å². The zero-order valence-corrected chi connectivity index (χ0v) is 21.4. The largest absolute Gasteiger partial charge is 0.394 e. The SMILES string of the molecule is CCn1nc(C(=O)NCC2(C#N)CCC(C)CC2)c(Cl)c1-c1ccc(CC(C)(C)C(F)(F)F)cc1. The summed E-state index contributed by atoms with van der Waals surface area (Å²) in [4.78, 5) is 13.0. The first-order chi connectivity index (χ1) is 16.3. The third-order valence-electron chi connectivity index (χ3n) is 7.11. The summed E-state index contributed by atoms with van der Waals surface area (Å²) in [6.45, 7) is 7.08. The Hall–Kier alpha value is -2.53. The van der Waals surface area contributed by atoms with Gasteiger partial charge in [0.05, 0.1) is 27.6 Å². The van der Waals surface area contributed by atoms with Gasteiger partial charge in [0.1, 0.15) is 0 Å². The van der Waals surface area contributed by atoms with E-state index in [9.17, 15) is 23.2 Å². The van der Waals surface area contributed by atoms with Crippen molar-refractivity contribution in [3.8, 4) is 17.3 Å². The molecule has 35 heavy (non-hydrogen) atoms. The number of nitrogens with one attached hydrogen (secondary N) is 1. The van der Waals surface area contributed by atoms with E-state index >= 15 is 0 Å². The minimum Gasteiger partial charge on any atom is -0.349 e. The first-order valence-electron chi connectivity index (χ1n) is 11.9. The van der Waals surface area contributed by atoms with Gasteiger partial charge in [0, 0.05) is 18.7 Å². The van der Waals surface area contributed by atoms with Gasteiger partial charge in [0.2, 0.25) is 0 Å². The predicted molar refractivity (Wildman–Crippen MR) is 130 cm³/mol. The lowest BCUT2D eigenvalue weighted by molar-refractivity contribution is -0.211. The van der Waals surface area contributed by atoms with Crippen LogP contribution in [0.5, 0.6) is 0 Å². The van der Waals surface area contributed by atoms with E-state index in [-0.39, 0.29) is 23.7 Å². The van der Waals surface area contributed by atoms with Gasteiger partial charge in [-0.25, -0.2) is 0 Å². The standard InChI is InChI=1S/C26H32ClF3N4O/c1-5-34-22(19-8-6-18(7-9-19)14-24(3,4)26(28,29)30)20(27)21(33-34)23(35)32-16-25(15-31)12-10-17(2)11-13-25/h6-9,17H,5,10-14,16H2,1-4H3,(H,32,35). The third kappa shape index (κ3) is 5.83. The maximum atomic E-state index is 13.3. The van der Waals surface area contributed by atoms with Crippen LogP contribution in [0.2, 0.25) is 5.02 Å². The quantitative estimate of drug-likeness (QED) is 0.447. The maximum absolute atomic E-state index is 13.3. The highest BCUT2D eigenvalue weighted by molar-refractivity contribution is 6.36. The van der Waals surface area contributed by atoms with Crippen LogP contribution < -0.4 is 5.32 Å². The third-order valence-corrected chi connectivity index (χ3v) is 7.46. The lowest BCUT2D eigenvalue weighted by atomic mass is 9.72. The van der Waals surface area contributed by atoms with E-state index < -0.39 is 22.9 Å². The minimum absolute atomic E-state index is 0.0723. The summed E-state index contributed by atoms with van der Waals surface area (Å²) in [6, 6.07) is 9.09. The second kappa shape index (κ2) is 10.2. The van der Waals surface area contributed by atoms with Crippen molar-refractivity contribution in [1.29, 1.82) is 5.26 Å². The fraction of sp³-hybridized carbons (Fsp3) is 0.577. The molecule has 0 bridgehead atoms. The highest BCUT2D eigenvalue weighted by Gasteiger charge is 2.47. The Bertz CT molecular complexity index is 1090. The fourth-order valence-electron chi connectivity index (χ4n) is 4.46. The van der Waals surface area contributed by atoms with Crippen molar-refractivity contribution in [3.63, 3.8) is 0 Å². The van der Waals surface area contributed by atoms with Gasteiger partial charge in [-0.05, 0) is 50.5 Å². The lowest BCUT2D eigenvalue weighted by Crippen LogP contribution is -2.39. The highest BCUT2D eigenvalue weighted by Crippen LogP contribution is 2.41. The second-order valence-corrected chi connectivity index (χ2v) is 10.7. The molecule has 9 heteroatoms. The number of rotatable bonds is 7. The van der Waals surface area contributed by atoms with Crippen LogP contribution >= 0.6 is 11.6 Å². The normalized spacial score (nSPS) is 20.9. The molecule has 5 nitrogen and oxygen atoms in total. The molecule has 1 aromatic heterocycles. The van der Waals surface area contributed by atoms with Crippen molar-refractivity contribution in [2.24, 2.45) is 16.7 Å². The second-order valence-electron chi connectivity index (χ2n) is 10.3. The number of carbonyl (C=O) groups excluding carboxylic acids is 1. The van der Waals surface area contributed by atoms with Crippen molar-refractivity contribution in [3.05, 3.63) is 40.5 Å². The Morgan fingerprint density at radius 2 is 1.86 bits per heavy atom. The Morgan fingerprint density at radius 1 is 1.26 bits per heavy atom. The molecule has 0 saturated heterocycles. The molecule has 1 saturated carbocycles. The molecule has 1 N–H and O–H groups in total. The monoisotopic (exact) mass is 508 g/mol. The van der Waals surface area contributed by atoms with Crippen LogP contribution in [-0.4, -0.2) is 28.4 Å². The summed E-state index contributed by atoms with van der Waals surface area (Å²) >= 11 is 6.60. The first kappa shape index (κ1) is 27.1. The van der Waals surface area contributed by atoms with Crippen LogP contribution in [0.3, 0.4) is 0 Å². The lowest BCUT2D eigenvalue weighted by Gasteiger charge is -2.33. The van der Waals surface area contributed by atoms with Crippen LogP contribution in [0.15, 0.2) is 24.3 Å². The average molecular weight is 509 g/mol. The number of aryl methyl sites for hydroxylation is 1. The molecule has 0 spiro atoms. The molecule has 0 aliphatic heterocycles. The van der Waals surface area contributed by atoms with Crippen molar-refractivity contribution < 1.29 is 18.0 Å². The van der Waals surface area contributed by atoms with E-state index in [1.165, 1.54) is 13.8 Å². The zero-order chi connectivity index (χ0) is 26.0. The van der Waals surface area contributed by atoms with Gasteiger partial charge in [0.25, 0.3) is 5.91 Å². The number of aromatic nitrogens is 2. The summed E-state index contributed by atoms with van der Waals surface area (Å²) in [5.41, 5.74) is -0.613. The topological polar surface area (TPSA) is 70.7 Å². The summed E-state index contributed by atoms with van der Waals surface area (Å²) in [7, 11) is 0. The highest BCUT2D eigenvalue weighted by atomic mass is 35.5. The maximum Gasteiger partial charge on any atom is 0.394 e. The van der Waals surface area contributed by atoms with E-state index in [0.29, 0.717) is 29.3 Å². The van der Waals surface area contributed by atoms with E-state index in [0.717, 1.165) is 25.7 Å². The molecule has 0 unspecified atom stereocenters. The van der Waals surface area contributed by atoms with Crippen molar-refractivity contribution in [2.45, 2.75) is 72.5 Å². The average Bonchev–Trinajstić information content (AvgIpc) is 3.14. The smallest absolute Gasteiger partial charge is 0.349 e. The number of hydrogen-bond acceptors (Lipinski definition) is 3. The van der Waals surface area contributed by atoms with E-state index in [1.807, 2.05) is 6.92 Å². The van der Waals surface area contributed by atoms with Gasteiger partial charge < -0.3 is 5.32 Å². The summed E-state index contributed by atoms with van der Waals surface area (Å²) in [5.74, 6) is 0.135. The van der Waals surface area contributed by atoms with Crippen molar-refractivity contribution in [1.82, 2.24) is 15.1 Å². The van der Waals surface area contributed by atoms with Crippen molar-refractivity contribution >= 4 is 17.5 Å². The number of hydrogen-bond donors (Lipinski definition) is 1. The van der Waals surface area contributed by atoms with Crippen LogP contribution in [0, 0.1) is 28.1 Å². The Labute approximate surface area is 209 Å². The van der Waals surface area contributed by atoms with Gasteiger partial charge in [-0.3, -0.25) is 9.48 Å². The molecular formula is C26H32ClF3N4O. The van der Waals surface area contributed by atoms with Crippen LogP contribution in [0.4, 0.5) is 13.2 Å². The van der Waals surface area contributed by atoms with E-state index in [1.54, 1.807) is 28.9 Å². The number of benzene rings is 1. The van der Waals surface area contributed by atoms with Crippen LogP contribution in [0.25, 0.3) is 11.3 Å². The number of nitriles is 1. The number of amides is 1. The number of nitrogens with zero attached hydrogens (tertiary/aromatic N) is 3. The molecule has 1 fully saturated rings. The molecule has 1 aliphatic rings. The molecule has 190 valence electrons. The molecule has 2 aromatic rings. The number of halogens is 4. The Balaban J connectivity index is 1.79. The Morgan fingerprint density at radius 3 is 2.37 bits per heavy atom. The molecule has 1 aliphatic carbocycles. The first-order valence-corrected chi connectivity index (χ1v) is 12.3. The fourth-order valence-corrected chi connectivity index (χ4v) is 4.79. The summed E-state index contributed by atoms with van der Waals surface area (Å²) in [6.07, 6.45) is -1.07. The molecule has 0 atom stereocenters. The van der Waals surface area contributed by atoms with Gasteiger partial charge in [-0.2, -0.15) is 23.5 Å². The Kier molecular flexibility index (Phi) is 7.90. The molecule has 0 radical (unpaired) electrons. The summed E-state index contributed by atoms with van der Waals surface area (Å²) < 4.78 is 41.4. The molecule has 3 rings (SSSR count). The number of alkyl halides is 3. The molecule has 1 heterocycles. The minimum atomic E-state index is -4.31. The molecular weight excluding hydrogens is 477 g/mol. The van der Waals surface area contributed by atoms with Crippen LogP contribution in [-0.2, 0) is 13.0 Å². The van der Waals surface area contributed by atoms with Crippen LogP contribution in [0.1, 0.15) is 69.4 Å². The van der Waals surface area contributed by atoms with Gasteiger partial charge >= 0.3 is 6.18 Å². The van der Waals surface area contributed by atoms with Crippen molar-refractivity contribution in [2.75, 3.05) is 6.54 Å². The van der Waals surface area contributed by atoms with E-state index in [4.69, 9.17) is 11.6 Å². The summed E-state index contributed by atoms with van der Waals surface area (Å²) in [5, 5.41) is 17.1. The number of carbonyl (C=O) groups is 1. The van der Waals surface area contributed by atoms with E-state index in [2.05, 4.69) is 23.4 Å². The zero-order valence-electron chi connectivity index (χ0n) is 20.6. The van der Waals surface area contributed by atoms with Gasteiger partial charge in [-0.1, -0.05) is 56.6 Å². The predicted octanol–water partition coefficient (Wildman–Crippen LogP) is 6.80. The molecule has 1 aromatic carbocycles. The van der Waals surface area contributed by atoms with Gasteiger partial charge in [0.15, 0.2) is 5.69 Å². The molecule has 1 amide bonds.